The first-order chi connectivity index (χ1) is 29.5. The van der Waals surface area contributed by atoms with Gasteiger partial charge in [-0.3, -0.25) is 0 Å². The molecule has 60 heavy (non-hydrogen) atoms. The molecule has 2 aromatic heterocycles. The molecular formula is C54H38N2O2P2. The quantitative estimate of drug-likeness (QED) is 0.144. The monoisotopic (exact) mass is 808 g/mol. The molecule has 286 valence electrons. The maximum absolute atomic E-state index is 15.2. The van der Waals surface area contributed by atoms with E-state index in [1.165, 1.54) is 0 Å². The largest absolute Gasteiger partial charge is 0.309 e. The van der Waals surface area contributed by atoms with Crippen LogP contribution in [0.4, 0.5) is 0 Å². The number of fused-ring (bicyclic) bond motifs is 6. The van der Waals surface area contributed by atoms with Crippen molar-refractivity contribution in [1.82, 2.24) is 9.13 Å². The van der Waals surface area contributed by atoms with E-state index in [-0.39, 0.29) is 0 Å². The van der Waals surface area contributed by atoms with Crippen molar-refractivity contribution in [3.63, 3.8) is 0 Å². The number of benzene rings is 9. The zero-order valence-electron chi connectivity index (χ0n) is 32.5. The Morgan fingerprint density at radius 3 is 0.833 bits per heavy atom. The summed E-state index contributed by atoms with van der Waals surface area (Å²) in [7, 11) is -6.26. The summed E-state index contributed by atoms with van der Waals surface area (Å²) < 4.78 is 35.1. The Balaban J connectivity index is 1.08. The second-order valence-electron chi connectivity index (χ2n) is 15.2. The molecule has 11 rings (SSSR count). The average Bonchev–Trinajstić information content (AvgIpc) is 3.83. The van der Waals surface area contributed by atoms with Gasteiger partial charge in [0.15, 0.2) is 14.3 Å². The molecule has 0 amide bonds. The molecule has 6 heteroatoms. The topological polar surface area (TPSA) is 44.0 Å². The average molecular weight is 809 g/mol. The lowest BCUT2D eigenvalue weighted by Crippen LogP contribution is -2.25. The highest BCUT2D eigenvalue weighted by atomic mass is 31.2. The molecule has 9 aromatic carbocycles. The van der Waals surface area contributed by atoms with Crippen molar-refractivity contribution in [3.8, 4) is 11.4 Å². The molecule has 0 aliphatic rings. The van der Waals surface area contributed by atoms with Crippen LogP contribution in [0.2, 0.25) is 0 Å². The van der Waals surface area contributed by atoms with E-state index >= 15 is 9.13 Å². The molecule has 0 unspecified atom stereocenters. The summed E-state index contributed by atoms with van der Waals surface area (Å²) in [5.41, 5.74) is 6.38. The molecule has 0 aliphatic carbocycles. The number of hydrogen-bond acceptors (Lipinski definition) is 2. The van der Waals surface area contributed by atoms with Crippen LogP contribution in [0.1, 0.15) is 0 Å². The van der Waals surface area contributed by atoms with E-state index in [4.69, 9.17) is 0 Å². The molecule has 11 aromatic rings. The summed E-state index contributed by atoms with van der Waals surface area (Å²) in [4.78, 5) is 0. The lowest BCUT2D eigenvalue weighted by molar-refractivity contribution is 0.591. The van der Waals surface area contributed by atoms with Crippen molar-refractivity contribution in [2.45, 2.75) is 0 Å². The van der Waals surface area contributed by atoms with Gasteiger partial charge in [0, 0.05) is 64.7 Å². The molecule has 0 saturated heterocycles. The normalized spacial score (nSPS) is 12.1. The molecule has 0 spiro atoms. The van der Waals surface area contributed by atoms with Crippen molar-refractivity contribution in [2.75, 3.05) is 0 Å². The Labute approximate surface area is 348 Å². The van der Waals surface area contributed by atoms with Gasteiger partial charge >= 0.3 is 0 Å². The fourth-order valence-electron chi connectivity index (χ4n) is 9.06. The van der Waals surface area contributed by atoms with Crippen molar-refractivity contribution in [3.05, 3.63) is 231 Å². The minimum absolute atomic E-state index is 0.796. The zero-order valence-corrected chi connectivity index (χ0v) is 34.3. The predicted molar refractivity (Wildman–Crippen MR) is 254 cm³/mol. The van der Waals surface area contributed by atoms with E-state index in [9.17, 15) is 0 Å². The number of para-hydroxylation sites is 2. The van der Waals surface area contributed by atoms with Crippen molar-refractivity contribution in [1.29, 1.82) is 0 Å². The summed E-state index contributed by atoms with van der Waals surface area (Å²) in [6, 6.07) is 77.7. The minimum Gasteiger partial charge on any atom is -0.309 e. The van der Waals surface area contributed by atoms with E-state index in [0.717, 1.165) is 86.8 Å². The second kappa shape index (κ2) is 14.4. The van der Waals surface area contributed by atoms with Gasteiger partial charge in [0.2, 0.25) is 0 Å². The standard InChI is InChI=1S/C54H38N2O2P2/c57-59(41-17-5-1-6-18-41,42-19-7-2-8-20-42)45-33-29-39(30-34-45)55-51-27-15-13-25-47(51)49-38-54-50(37-53(49)55)48-26-14-16-28-52(48)56(54)40-31-35-46(36-32-40)60(58,43-21-9-3-10-22-43)44-23-11-4-12-24-44/h1-38H. The highest BCUT2D eigenvalue weighted by Gasteiger charge is 2.31. The highest BCUT2D eigenvalue weighted by Crippen LogP contribution is 2.45. The number of nitrogens with zero attached hydrogens (tertiary/aromatic N) is 2. The summed E-state index contributed by atoms with van der Waals surface area (Å²) in [5.74, 6) is 0. The lowest BCUT2D eigenvalue weighted by Gasteiger charge is -2.20. The number of hydrogen-bond donors (Lipinski definition) is 0. The maximum Gasteiger partial charge on any atom is 0.171 e. The van der Waals surface area contributed by atoms with E-state index in [0.29, 0.717) is 0 Å². The molecule has 4 nitrogen and oxygen atoms in total. The van der Waals surface area contributed by atoms with Gasteiger partial charge in [0.05, 0.1) is 22.1 Å². The highest BCUT2D eigenvalue weighted by molar-refractivity contribution is 7.85. The maximum atomic E-state index is 15.2. The van der Waals surface area contributed by atoms with Crippen LogP contribution in [0.3, 0.4) is 0 Å². The first kappa shape index (κ1) is 36.1. The summed E-state index contributed by atoms with van der Waals surface area (Å²) >= 11 is 0. The van der Waals surface area contributed by atoms with Gasteiger partial charge in [-0.2, -0.15) is 0 Å². The Kier molecular flexibility index (Phi) is 8.67. The van der Waals surface area contributed by atoms with E-state index in [1.807, 2.05) is 146 Å². The van der Waals surface area contributed by atoms with Gasteiger partial charge in [-0.05, 0) is 72.8 Å². The third-order valence-corrected chi connectivity index (χ3v) is 18.0. The minimum atomic E-state index is -3.13. The van der Waals surface area contributed by atoms with Crippen molar-refractivity contribution < 1.29 is 9.13 Å². The van der Waals surface area contributed by atoms with Gasteiger partial charge < -0.3 is 18.3 Å². The van der Waals surface area contributed by atoms with Crippen LogP contribution in [0.25, 0.3) is 55.0 Å². The van der Waals surface area contributed by atoms with Gasteiger partial charge in [-0.1, -0.05) is 158 Å². The molecular weight excluding hydrogens is 771 g/mol. The van der Waals surface area contributed by atoms with Crippen molar-refractivity contribution >= 4 is 89.7 Å². The van der Waals surface area contributed by atoms with E-state index in [2.05, 4.69) is 94.1 Å². The molecule has 0 radical (unpaired) electrons. The third-order valence-electron chi connectivity index (χ3n) is 11.9. The molecule has 0 bridgehead atoms. The summed E-state index contributed by atoms with van der Waals surface area (Å²) in [6.45, 7) is 0. The third kappa shape index (κ3) is 5.60. The molecule has 2 heterocycles. The van der Waals surface area contributed by atoms with Gasteiger partial charge in [0.25, 0.3) is 0 Å². The molecule has 0 fully saturated rings. The van der Waals surface area contributed by atoms with E-state index < -0.39 is 14.3 Å². The number of rotatable bonds is 8. The van der Waals surface area contributed by atoms with Crippen LogP contribution in [0, 0.1) is 0 Å². The lowest BCUT2D eigenvalue weighted by atomic mass is 10.1. The van der Waals surface area contributed by atoms with Crippen LogP contribution in [-0.4, -0.2) is 9.13 Å². The van der Waals surface area contributed by atoms with Crippen LogP contribution in [-0.2, 0) is 9.13 Å². The fourth-order valence-corrected chi connectivity index (χ4v) is 14.4. The molecule has 0 atom stereocenters. The first-order valence-corrected chi connectivity index (χ1v) is 23.6. The van der Waals surface area contributed by atoms with Crippen LogP contribution in [0.15, 0.2) is 231 Å². The van der Waals surface area contributed by atoms with Crippen molar-refractivity contribution in [2.24, 2.45) is 0 Å². The Morgan fingerprint density at radius 1 is 0.250 bits per heavy atom. The smallest absolute Gasteiger partial charge is 0.171 e. The zero-order chi connectivity index (χ0) is 40.3. The molecule has 0 saturated carbocycles. The Hall–Kier alpha value is -6.96. The van der Waals surface area contributed by atoms with Crippen LogP contribution in [0.5, 0.6) is 0 Å². The van der Waals surface area contributed by atoms with Gasteiger partial charge in [-0.15, -0.1) is 0 Å². The molecule has 0 N–H and O–H groups in total. The predicted octanol–water partition coefficient (Wildman–Crippen LogP) is 11.2. The molecule has 0 aliphatic heterocycles. The number of aromatic nitrogens is 2. The first-order valence-electron chi connectivity index (χ1n) is 20.1. The SMILES string of the molecule is O=P(c1ccccc1)(c1ccccc1)c1ccc(-n2c3ccccc3c3cc4c(cc32)c2ccccc2n4-c2ccc(P(=O)(c3ccccc3)c3ccccc3)cc2)cc1. The summed E-state index contributed by atoms with van der Waals surface area (Å²) in [6.07, 6.45) is 0. The van der Waals surface area contributed by atoms with Crippen LogP contribution >= 0.6 is 14.3 Å². The Bertz CT molecular complexity index is 3130. The van der Waals surface area contributed by atoms with Gasteiger partial charge in [-0.25, -0.2) is 0 Å². The van der Waals surface area contributed by atoms with Gasteiger partial charge in [0.1, 0.15) is 0 Å². The fraction of sp³-hybridized carbons (Fsp3) is 0. The van der Waals surface area contributed by atoms with Crippen LogP contribution < -0.4 is 31.8 Å². The van der Waals surface area contributed by atoms with E-state index in [1.54, 1.807) is 0 Å². The second-order valence-corrected chi connectivity index (χ2v) is 20.7. The summed E-state index contributed by atoms with van der Waals surface area (Å²) in [5, 5.41) is 9.43. The Morgan fingerprint density at radius 2 is 0.517 bits per heavy atom.